The Labute approximate surface area is 216 Å². The van der Waals surface area contributed by atoms with E-state index < -0.39 is 12.4 Å². The zero-order valence-electron chi connectivity index (χ0n) is 22.2. The first-order chi connectivity index (χ1) is 17.3. The summed E-state index contributed by atoms with van der Waals surface area (Å²) in [6.45, 7) is 11.1. The number of nitrogens with one attached hydrogen (secondary N) is 3. The van der Waals surface area contributed by atoms with Crippen LogP contribution in [0, 0.1) is 5.82 Å². The van der Waals surface area contributed by atoms with E-state index in [1.54, 1.807) is 12.1 Å². The van der Waals surface area contributed by atoms with Crippen molar-refractivity contribution in [2.75, 3.05) is 23.7 Å². The van der Waals surface area contributed by atoms with Crippen LogP contribution in [0.2, 0.25) is 0 Å². The lowest BCUT2D eigenvalue weighted by Gasteiger charge is -2.46. The Bertz CT molecular complexity index is 1080. The van der Waals surface area contributed by atoms with Crippen molar-refractivity contribution in [1.29, 1.82) is 0 Å². The molecule has 2 saturated heterocycles. The molecule has 204 valence electrons. The number of anilines is 3. The van der Waals surface area contributed by atoms with E-state index in [0.717, 1.165) is 32.1 Å². The van der Waals surface area contributed by atoms with Crippen molar-refractivity contribution in [1.82, 2.24) is 20.2 Å². The molecule has 0 aliphatic carbocycles. The molecule has 2 aromatic rings. The maximum Gasteiger partial charge on any atom is 0.387 e. The number of alkyl halides is 2. The van der Waals surface area contributed by atoms with Gasteiger partial charge in [-0.3, -0.25) is 4.90 Å². The maximum absolute atomic E-state index is 14.6. The molecule has 0 atom stereocenters. The van der Waals surface area contributed by atoms with Crippen molar-refractivity contribution in [3.05, 3.63) is 30.2 Å². The minimum Gasteiger partial charge on any atom is -0.484 e. The Hall–Kier alpha value is -2.79. The zero-order valence-corrected chi connectivity index (χ0v) is 22.2. The topological polar surface area (TPSA) is 83.6 Å². The van der Waals surface area contributed by atoms with Crippen LogP contribution in [0.1, 0.15) is 54.4 Å². The molecule has 3 N–H and O–H groups in total. The third-order valence-electron chi connectivity index (χ3n) is 6.59. The van der Waals surface area contributed by atoms with Gasteiger partial charge in [-0.15, -0.1) is 0 Å². The molecule has 0 spiro atoms. The van der Waals surface area contributed by atoms with E-state index >= 15 is 0 Å². The predicted molar refractivity (Wildman–Crippen MR) is 137 cm³/mol. The smallest absolute Gasteiger partial charge is 0.387 e. The molecule has 37 heavy (non-hydrogen) atoms. The van der Waals surface area contributed by atoms with Gasteiger partial charge in [0.05, 0.1) is 6.20 Å². The first-order valence-electron chi connectivity index (χ1n) is 12.6. The Morgan fingerprint density at radius 2 is 1.76 bits per heavy atom. The van der Waals surface area contributed by atoms with Crippen LogP contribution in [0.3, 0.4) is 0 Å². The van der Waals surface area contributed by atoms with E-state index in [2.05, 4.69) is 72.4 Å². The van der Waals surface area contributed by atoms with E-state index in [-0.39, 0.29) is 46.5 Å². The molecule has 2 fully saturated rings. The van der Waals surface area contributed by atoms with Gasteiger partial charge in [0.15, 0.2) is 23.1 Å². The third kappa shape index (κ3) is 7.16. The van der Waals surface area contributed by atoms with Gasteiger partial charge in [0, 0.05) is 48.0 Å². The molecule has 2 aliphatic heterocycles. The molecule has 0 amide bonds. The normalized spacial score (nSPS) is 20.1. The number of aromatic nitrogens is 2. The van der Waals surface area contributed by atoms with Crippen LogP contribution >= 0.6 is 0 Å². The summed E-state index contributed by atoms with van der Waals surface area (Å²) in [7, 11) is 0. The number of hydrogen-bond acceptors (Lipinski definition) is 8. The highest BCUT2D eigenvalue weighted by Crippen LogP contribution is 2.35. The highest BCUT2D eigenvalue weighted by molar-refractivity contribution is 5.60. The van der Waals surface area contributed by atoms with Gasteiger partial charge in [-0.25, -0.2) is 9.37 Å². The van der Waals surface area contributed by atoms with Crippen molar-refractivity contribution < 1.29 is 22.6 Å². The molecule has 4 rings (SSSR count). The molecular formula is C26H37F3N6O2. The monoisotopic (exact) mass is 522 g/mol. The van der Waals surface area contributed by atoms with Crippen molar-refractivity contribution in [3.8, 4) is 11.5 Å². The van der Waals surface area contributed by atoms with Crippen molar-refractivity contribution in [3.63, 3.8) is 0 Å². The fraction of sp³-hybridized carbons (Fsp3) is 0.615. The molecule has 11 heteroatoms. The third-order valence-corrected chi connectivity index (χ3v) is 6.59. The fourth-order valence-corrected chi connectivity index (χ4v) is 5.29. The second-order valence-corrected chi connectivity index (χ2v) is 11.5. The Kier molecular flexibility index (Phi) is 7.75. The molecule has 1 aromatic carbocycles. The van der Waals surface area contributed by atoms with Crippen LogP contribution in [0.4, 0.5) is 30.6 Å². The van der Waals surface area contributed by atoms with E-state index in [1.807, 2.05) is 0 Å². The largest absolute Gasteiger partial charge is 0.484 e. The summed E-state index contributed by atoms with van der Waals surface area (Å²) >= 11 is 0. The minimum absolute atomic E-state index is 0.00380. The van der Waals surface area contributed by atoms with Gasteiger partial charge < -0.3 is 25.4 Å². The lowest BCUT2D eigenvalue weighted by atomic mass is 9.79. The van der Waals surface area contributed by atoms with Gasteiger partial charge in [-0.05, 0) is 66.5 Å². The summed E-state index contributed by atoms with van der Waals surface area (Å²) in [5.41, 5.74) is 0.158. The molecule has 0 radical (unpaired) electrons. The second kappa shape index (κ2) is 10.5. The predicted octanol–water partition coefficient (Wildman–Crippen LogP) is 5.15. The summed E-state index contributed by atoms with van der Waals surface area (Å²) < 4.78 is 51.4. The number of benzene rings is 1. The Morgan fingerprint density at radius 1 is 1.08 bits per heavy atom. The summed E-state index contributed by atoms with van der Waals surface area (Å²) in [6, 6.07) is 5.03. The van der Waals surface area contributed by atoms with Crippen molar-refractivity contribution in [2.24, 2.45) is 0 Å². The fourth-order valence-electron chi connectivity index (χ4n) is 5.29. The van der Waals surface area contributed by atoms with E-state index in [9.17, 15) is 13.2 Å². The van der Waals surface area contributed by atoms with Gasteiger partial charge in [0.2, 0.25) is 5.95 Å². The molecule has 0 saturated carbocycles. The summed E-state index contributed by atoms with van der Waals surface area (Å²) in [4.78, 5) is 10.5. The summed E-state index contributed by atoms with van der Waals surface area (Å²) in [6.07, 6.45) is 2.56. The van der Waals surface area contributed by atoms with Gasteiger partial charge in [-0.1, -0.05) is 0 Å². The quantitative estimate of drug-likeness (QED) is 0.417. The number of nitrogens with zero attached hydrogens (tertiary/aromatic N) is 3. The molecule has 3 heterocycles. The number of rotatable bonds is 9. The van der Waals surface area contributed by atoms with Crippen molar-refractivity contribution >= 4 is 17.5 Å². The summed E-state index contributed by atoms with van der Waals surface area (Å²) in [5.74, 6) is -0.221. The first-order valence-corrected chi connectivity index (χ1v) is 12.6. The van der Waals surface area contributed by atoms with Crippen LogP contribution in [-0.4, -0.2) is 63.8 Å². The van der Waals surface area contributed by atoms with E-state index in [4.69, 9.17) is 9.47 Å². The van der Waals surface area contributed by atoms with Gasteiger partial charge in [-0.2, -0.15) is 13.8 Å². The molecular weight excluding hydrogens is 485 g/mol. The van der Waals surface area contributed by atoms with E-state index in [0.29, 0.717) is 11.7 Å². The van der Waals surface area contributed by atoms with Crippen molar-refractivity contribution in [2.45, 2.75) is 90.3 Å². The molecule has 0 unspecified atom stereocenters. The molecule has 0 bridgehead atoms. The van der Waals surface area contributed by atoms with E-state index in [1.165, 1.54) is 6.07 Å². The Balaban J connectivity index is 1.47. The SMILES string of the molecule is CC(C)N1CC(Oc2ccc(Nc3ncc(F)c(NC4CC(C)(C)NC(C)(C)C4)n3)cc2OC(F)F)C1. The zero-order chi connectivity index (χ0) is 27.0. The lowest BCUT2D eigenvalue weighted by molar-refractivity contribution is -0.0550. The standard InChI is InChI=1S/C26H37F3N6O2/c1-15(2)35-13-18(14-35)36-20-8-7-16(9-21(20)37-23(28)29)32-24-30-12-19(27)22(33-24)31-17-10-25(3,4)34-26(5,6)11-17/h7-9,12,15,17-18,23,34H,10-11,13-14H2,1-6H3,(H2,30,31,32,33). The number of likely N-dealkylation sites (tertiary alicyclic amines) is 1. The van der Waals surface area contributed by atoms with Gasteiger partial charge >= 0.3 is 6.61 Å². The Morgan fingerprint density at radius 3 is 2.38 bits per heavy atom. The first kappa shape index (κ1) is 27.3. The summed E-state index contributed by atoms with van der Waals surface area (Å²) in [5, 5.41) is 9.78. The number of piperidine rings is 1. The molecule has 2 aliphatic rings. The number of halogens is 3. The minimum atomic E-state index is -3.01. The number of ether oxygens (including phenoxy) is 2. The van der Waals surface area contributed by atoms with Crippen LogP contribution in [0.5, 0.6) is 11.5 Å². The highest BCUT2D eigenvalue weighted by Gasteiger charge is 2.38. The lowest BCUT2D eigenvalue weighted by Crippen LogP contribution is -2.60. The average Bonchev–Trinajstić information content (AvgIpc) is 2.71. The molecule has 8 nitrogen and oxygen atoms in total. The van der Waals surface area contributed by atoms with Crippen LogP contribution < -0.4 is 25.4 Å². The van der Waals surface area contributed by atoms with Gasteiger partial charge in [0.25, 0.3) is 0 Å². The van der Waals surface area contributed by atoms with Crippen LogP contribution in [0.25, 0.3) is 0 Å². The number of hydrogen-bond donors (Lipinski definition) is 3. The maximum atomic E-state index is 14.6. The van der Waals surface area contributed by atoms with Gasteiger partial charge in [0.1, 0.15) is 6.10 Å². The van der Waals surface area contributed by atoms with Crippen LogP contribution in [0.15, 0.2) is 24.4 Å². The highest BCUT2D eigenvalue weighted by atomic mass is 19.3. The molecule has 1 aromatic heterocycles. The second-order valence-electron chi connectivity index (χ2n) is 11.5. The average molecular weight is 523 g/mol. The van der Waals surface area contributed by atoms with Crippen LogP contribution in [-0.2, 0) is 0 Å².